The molecule has 0 saturated carbocycles. The lowest BCUT2D eigenvalue weighted by molar-refractivity contribution is 0.00625. The lowest BCUT2D eigenvalue weighted by Crippen LogP contribution is -2.24. The molecular weight excluding hydrogens is 368 g/mol. The van der Waals surface area contributed by atoms with Gasteiger partial charge >= 0.3 is 11.9 Å². The summed E-state index contributed by atoms with van der Waals surface area (Å²) in [6.07, 6.45) is 5.09. The summed E-state index contributed by atoms with van der Waals surface area (Å²) in [5.74, 6) is -0.821. The Balaban J connectivity index is 2.80. The molecule has 29 heavy (non-hydrogen) atoms. The highest BCUT2D eigenvalue weighted by Gasteiger charge is 2.27. The van der Waals surface area contributed by atoms with Crippen molar-refractivity contribution in [3.63, 3.8) is 0 Å². The van der Waals surface area contributed by atoms with E-state index in [0.29, 0.717) is 29.8 Å². The molecule has 0 aliphatic carbocycles. The molecule has 166 valence electrons. The fourth-order valence-corrected chi connectivity index (χ4v) is 3.39. The number of esters is 2. The number of carbonyl (C=O) groups excluding carboxylic acids is 2. The Kier molecular flexibility index (Phi) is 10.4. The number of H-pyrrole nitrogens is 1. The summed E-state index contributed by atoms with van der Waals surface area (Å²) in [6.45, 7) is 17.0. The van der Waals surface area contributed by atoms with E-state index in [0.717, 1.165) is 44.6 Å². The number of nitrogens with one attached hydrogen (secondary N) is 1. The third kappa shape index (κ3) is 8.21. The normalized spacial score (nSPS) is 11.7. The quantitative estimate of drug-likeness (QED) is 0.393. The number of ether oxygens (including phenoxy) is 2. The Bertz CT molecular complexity index is 655. The number of carbonyl (C=O) groups is 2. The van der Waals surface area contributed by atoms with Crippen molar-refractivity contribution in [1.82, 2.24) is 9.88 Å². The first-order valence-electron chi connectivity index (χ1n) is 11.0. The number of aryl methyl sites for hydroxylation is 1. The van der Waals surface area contributed by atoms with Crippen molar-refractivity contribution in [1.29, 1.82) is 0 Å². The van der Waals surface area contributed by atoms with Crippen LogP contribution in [0.5, 0.6) is 0 Å². The molecule has 1 heterocycles. The summed E-state index contributed by atoms with van der Waals surface area (Å²) in [6, 6.07) is 0. The monoisotopic (exact) mass is 408 g/mol. The first-order valence-corrected chi connectivity index (χ1v) is 11.0. The number of unbranched alkanes of at least 4 members (excludes halogenated alkanes) is 3. The second-order valence-electron chi connectivity index (χ2n) is 8.39. The highest BCUT2D eigenvalue weighted by Crippen LogP contribution is 2.24. The molecule has 0 amide bonds. The van der Waals surface area contributed by atoms with Gasteiger partial charge in [0.25, 0.3) is 0 Å². The lowest BCUT2D eigenvalue weighted by atomic mass is 10.0. The molecule has 0 unspecified atom stereocenters. The second-order valence-corrected chi connectivity index (χ2v) is 8.39. The first kappa shape index (κ1) is 25.2. The maximum atomic E-state index is 12.6. The summed E-state index contributed by atoms with van der Waals surface area (Å²) in [4.78, 5) is 30.6. The Morgan fingerprint density at radius 3 is 2.14 bits per heavy atom. The number of rotatable bonds is 12. The van der Waals surface area contributed by atoms with Gasteiger partial charge in [0.05, 0.1) is 12.2 Å². The van der Waals surface area contributed by atoms with Gasteiger partial charge in [0.15, 0.2) is 0 Å². The van der Waals surface area contributed by atoms with Crippen LogP contribution in [0.2, 0.25) is 0 Å². The molecule has 0 fully saturated rings. The van der Waals surface area contributed by atoms with Crippen LogP contribution in [-0.2, 0) is 15.9 Å². The zero-order valence-corrected chi connectivity index (χ0v) is 19.4. The number of nitrogens with zero attached hydrogens (tertiary/aromatic N) is 1. The van der Waals surface area contributed by atoms with Gasteiger partial charge in [-0.3, -0.25) is 0 Å². The Labute approximate surface area is 176 Å². The molecule has 1 rings (SSSR count). The maximum absolute atomic E-state index is 12.6. The van der Waals surface area contributed by atoms with Crippen molar-refractivity contribution in [2.45, 2.75) is 86.2 Å². The molecule has 0 atom stereocenters. The fourth-order valence-electron chi connectivity index (χ4n) is 3.39. The molecule has 6 heteroatoms. The topological polar surface area (TPSA) is 71.6 Å². The van der Waals surface area contributed by atoms with Crippen molar-refractivity contribution >= 4 is 11.9 Å². The molecular formula is C23H40N2O4. The van der Waals surface area contributed by atoms with E-state index in [1.54, 1.807) is 13.8 Å². The van der Waals surface area contributed by atoms with E-state index in [9.17, 15) is 9.59 Å². The van der Waals surface area contributed by atoms with Crippen LogP contribution in [0, 0.1) is 6.92 Å². The Morgan fingerprint density at radius 1 is 0.966 bits per heavy atom. The molecule has 1 aromatic heterocycles. The Morgan fingerprint density at radius 2 is 1.59 bits per heavy atom. The number of aromatic amines is 1. The average Bonchev–Trinajstić information content (AvgIpc) is 2.96. The smallest absolute Gasteiger partial charge is 0.355 e. The number of hydrogen-bond donors (Lipinski definition) is 1. The summed E-state index contributed by atoms with van der Waals surface area (Å²) in [5, 5.41) is 0. The van der Waals surface area contributed by atoms with Crippen LogP contribution >= 0.6 is 0 Å². The van der Waals surface area contributed by atoms with Gasteiger partial charge in [-0.2, -0.15) is 0 Å². The molecule has 0 aliphatic heterocycles. The number of aromatic nitrogens is 1. The molecule has 0 spiro atoms. The van der Waals surface area contributed by atoms with E-state index in [1.807, 2.05) is 20.8 Å². The largest absolute Gasteiger partial charge is 0.462 e. The molecule has 1 aromatic rings. The molecule has 0 radical (unpaired) electrons. The summed E-state index contributed by atoms with van der Waals surface area (Å²) >= 11 is 0. The standard InChI is InChI=1S/C23H40N2O4/c1-8-25(9-2)16-14-12-11-13-15-18-19(21(26)28-10-3)17(4)20(24-18)22(27)29-23(5,6)7/h24H,8-16H2,1-7H3. The van der Waals surface area contributed by atoms with Gasteiger partial charge in [-0.15, -0.1) is 0 Å². The minimum absolute atomic E-state index is 0.302. The van der Waals surface area contributed by atoms with Crippen LogP contribution in [0.25, 0.3) is 0 Å². The third-order valence-corrected chi connectivity index (χ3v) is 4.96. The minimum atomic E-state index is -0.594. The van der Waals surface area contributed by atoms with Crippen molar-refractivity contribution in [3.8, 4) is 0 Å². The predicted molar refractivity (Wildman–Crippen MR) is 117 cm³/mol. The molecule has 0 aliphatic rings. The van der Waals surface area contributed by atoms with Gasteiger partial charge in [-0.1, -0.05) is 26.7 Å². The zero-order chi connectivity index (χ0) is 22.0. The van der Waals surface area contributed by atoms with Crippen molar-refractivity contribution in [2.24, 2.45) is 0 Å². The van der Waals surface area contributed by atoms with Crippen LogP contribution < -0.4 is 0 Å². The van der Waals surface area contributed by atoms with Crippen LogP contribution in [-0.4, -0.2) is 53.7 Å². The van der Waals surface area contributed by atoms with Gasteiger partial charge in [0, 0.05) is 5.69 Å². The SMILES string of the molecule is CCOC(=O)c1c(CCCCCCN(CC)CC)[nH]c(C(=O)OC(C)(C)C)c1C. The van der Waals surface area contributed by atoms with Gasteiger partial charge in [0.2, 0.25) is 0 Å². The zero-order valence-electron chi connectivity index (χ0n) is 19.4. The summed E-state index contributed by atoms with van der Waals surface area (Å²) < 4.78 is 10.7. The van der Waals surface area contributed by atoms with E-state index >= 15 is 0 Å². The van der Waals surface area contributed by atoms with Gasteiger partial charge in [-0.25, -0.2) is 9.59 Å². The minimum Gasteiger partial charge on any atom is -0.462 e. The van der Waals surface area contributed by atoms with E-state index < -0.39 is 11.6 Å². The summed E-state index contributed by atoms with van der Waals surface area (Å²) in [5.41, 5.74) is 1.61. The molecule has 0 aromatic carbocycles. The highest BCUT2D eigenvalue weighted by molar-refractivity contribution is 5.98. The highest BCUT2D eigenvalue weighted by atomic mass is 16.6. The third-order valence-electron chi connectivity index (χ3n) is 4.96. The van der Waals surface area contributed by atoms with Crippen LogP contribution in [0.4, 0.5) is 0 Å². The van der Waals surface area contributed by atoms with E-state index in [2.05, 4.69) is 23.7 Å². The summed E-state index contributed by atoms with van der Waals surface area (Å²) in [7, 11) is 0. The van der Waals surface area contributed by atoms with E-state index in [1.165, 1.54) is 6.42 Å². The Hall–Kier alpha value is -1.82. The molecule has 1 N–H and O–H groups in total. The van der Waals surface area contributed by atoms with E-state index in [4.69, 9.17) is 9.47 Å². The fraction of sp³-hybridized carbons (Fsp3) is 0.739. The lowest BCUT2D eigenvalue weighted by Gasteiger charge is -2.19. The van der Waals surface area contributed by atoms with Crippen LogP contribution in [0.15, 0.2) is 0 Å². The van der Waals surface area contributed by atoms with Crippen LogP contribution in [0.1, 0.15) is 99.3 Å². The van der Waals surface area contributed by atoms with Crippen molar-refractivity contribution in [3.05, 3.63) is 22.5 Å². The average molecular weight is 409 g/mol. The van der Waals surface area contributed by atoms with Gasteiger partial charge in [0.1, 0.15) is 11.3 Å². The first-order chi connectivity index (χ1) is 13.6. The number of hydrogen-bond acceptors (Lipinski definition) is 5. The second kappa shape index (κ2) is 12.0. The molecule has 6 nitrogen and oxygen atoms in total. The van der Waals surface area contributed by atoms with Crippen molar-refractivity contribution < 1.29 is 19.1 Å². The molecule has 0 bridgehead atoms. The van der Waals surface area contributed by atoms with Crippen LogP contribution in [0.3, 0.4) is 0 Å². The van der Waals surface area contributed by atoms with Crippen molar-refractivity contribution in [2.75, 3.05) is 26.2 Å². The van der Waals surface area contributed by atoms with Gasteiger partial charge < -0.3 is 19.4 Å². The van der Waals surface area contributed by atoms with Gasteiger partial charge in [-0.05, 0) is 79.1 Å². The predicted octanol–water partition coefficient (Wildman–Crippen LogP) is 4.90. The van der Waals surface area contributed by atoms with E-state index in [-0.39, 0.29) is 5.97 Å². The molecule has 0 saturated heterocycles. The maximum Gasteiger partial charge on any atom is 0.355 e.